The van der Waals surface area contributed by atoms with Gasteiger partial charge in [-0.25, -0.2) is 0 Å². The van der Waals surface area contributed by atoms with Crippen molar-refractivity contribution >= 4 is 20.7 Å². The molecule has 1 aliphatic carbocycles. The summed E-state index contributed by atoms with van der Waals surface area (Å²) in [4.78, 5) is 11.9. The van der Waals surface area contributed by atoms with Gasteiger partial charge in [-0.05, 0) is 0 Å². The Morgan fingerprint density at radius 3 is 2.88 bits per heavy atom. The molecule has 1 saturated carbocycles. The number of benzene rings is 1. The predicted molar refractivity (Wildman–Crippen MR) is 69.1 cm³/mol. The van der Waals surface area contributed by atoms with Gasteiger partial charge in [0.05, 0.1) is 0 Å². The van der Waals surface area contributed by atoms with Crippen molar-refractivity contribution < 1.29 is 9.53 Å². The first kappa shape index (κ1) is 12.8. The summed E-state index contributed by atoms with van der Waals surface area (Å²) >= 11 is 0.463. The van der Waals surface area contributed by atoms with Crippen LogP contribution in [0.2, 0.25) is 4.82 Å². The summed E-state index contributed by atoms with van der Waals surface area (Å²) in [5.74, 6) is 0.450. The van der Waals surface area contributed by atoms with Crippen molar-refractivity contribution in [3.63, 3.8) is 0 Å². The summed E-state index contributed by atoms with van der Waals surface area (Å²) in [7, 11) is 0. The molecule has 0 heterocycles. The third-order valence-electron chi connectivity index (χ3n) is 2.94. The normalized spacial score (nSPS) is 20.5. The van der Waals surface area contributed by atoms with E-state index in [4.69, 9.17) is 4.74 Å². The topological polar surface area (TPSA) is 26.3 Å². The Morgan fingerprint density at radius 2 is 2.12 bits per heavy atom. The third-order valence-corrected chi connectivity index (χ3v) is 5.40. The fourth-order valence-corrected chi connectivity index (χ4v) is 4.12. The van der Waals surface area contributed by atoms with Gasteiger partial charge < -0.3 is 0 Å². The van der Waals surface area contributed by atoms with Crippen LogP contribution in [-0.4, -0.2) is 26.2 Å². The van der Waals surface area contributed by atoms with E-state index in [-0.39, 0.29) is 0 Å². The number of ether oxygens (including phenoxy) is 1. The van der Waals surface area contributed by atoms with Gasteiger partial charge in [-0.2, -0.15) is 0 Å². The Bertz CT molecular complexity index is 350. The van der Waals surface area contributed by atoms with Crippen LogP contribution in [-0.2, 0) is 16.1 Å². The van der Waals surface area contributed by atoms with E-state index in [1.54, 1.807) is 0 Å². The van der Waals surface area contributed by atoms with Gasteiger partial charge in [0.15, 0.2) is 0 Å². The minimum atomic E-state index is 0.450. The second-order valence-corrected chi connectivity index (χ2v) is 6.97. The zero-order valence-corrected chi connectivity index (χ0v) is 11.6. The van der Waals surface area contributed by atoms with E-state index >= 15 is 0 Å². The van der Waals surface area contributed by atoms with Crippen molar-refractivity contribution in [3.05, 3.63) is 35.9 Å². The number of rotatable bonds is 5. The Morgan fingerprint density at radius 1 is 1.29 bits per heavy atom. The van der Waals surface area contributed by atoms with E-state index in [2.05, 4.69) is 12.1 Å². The molecule has 0 aromatic heterocycles. The van der Waals surface area contributed by atoms with Crippen LogP contribution in [0.3, 0.4) is 0 Å². The van der Waals surface area contributed by atoms with Crippen molar-refractivity contribution in [2.45, 2.75) is 37.1 Å². The van der Waals surface area contributed by atoms with Gasteiger partial charge in [0.2, 0.25) is 0 Å². The first-order chi connectivity index (χ1) is 8.34. The summed E-state index contributed by atoms with van der Waals surface area (Å²) in [6, 6.07) is 10.2. The summed E-state index contributed by atoms with van der Waals surface area (Å²) < 4.78 is 5.67. The van der Waals surface area contributed by atoms with Gasteiger partial charge in [-0.1, -0.05) is 0 Å². The molecular weight excluding hydrogens is 279 g/mol. The zero-order chi connectivity index (χ0) is 11.9. The quantitative estimate of drug-likeness (QED) is 0.617. The zero-order valence-electron chi connectivity index (χ0n) is 9.93. The molecular formula is C14H18O2Se. The molecule has 3 heteroatoms. The average molecular weight is 297 g/mol. The minimum absolute atomic E-state index is 0.450. The second kappa shape index (κ2) is 6.95. The van der Waals surface area contributed by atoms with E-state index in [1.807, 2.05) is 18.2 Å². The summed E-state index contributed by atoms with van der Waals surface area (Å²) in [5.41, 5.74) is 2.06. The molecule has 1 aromatic rings. The van der Waals surface area contributed by atoms with E-state index in [0.29, 0.717) is 32.2 Å². The van der Waals surface area contributed by atoms with Crippen molar-refractivity contribution in [3.8, 4) is 0 Å². The predicted octanol–water partition coefficient (Wildman–Crippen LogP) is 2.80. The summed E-state index contributed by atoms with van der Waals surface area (Å²) in [5, 5.41) is 0. The van der Waals surface area contributed by atoms with Crippen molar-refractivity contribution in [1.29, 1.82) is 0 Å². The summed E-state index contributed by atoms with van der Waals surface area (Å²) in [6.07, 6.45) is 3.91. The molecule has 2 nitrogen and oxygen atoms in total. The molecule has 0 radical (unpaired) electrons. The second-order valence-electron chi connectivity index (χ2n) is 4.38. The number of hydrogen-bond donors (Lipinski definition) is 0. The Balaban J connectivity index is 1.61. The molecule has 0 aliphatic heterocycles. The van der Waals surface area contributed by atoms with E-state index in [9.17, 15) is 4.79 Å². The molecule has 0 saturated heterocycles. The Labute approximate surface area is 109 Å². The average Bonchev–Trinajstić information content (AvgIpc) is 2.36. The molecule has 92 valence electrons. The molecule has 1 unspecified atom stereocenters. The molecule has 1 fully saturated rings. The number of Topliss-reactive ketones (excluding diaryl/α,β-unsaturated/α-hetero) is 1. The van der Waals surface area contributed by atoms with Gasteiger partial charge in [0, 0.05) is 0 Å². The van der Waals surface area contributed by atoms with Crippen LogP contribution in [0.4, 0.5) is 0 Å². The SMILES string of the molecule is O=C1CCCC([Se]COCc2ccccc2)C1. The molecule has 1 atom stereocenters. The molecule has 17 heavy (non-hydrogen) atoms. The maximum atomic E-state index is 11.3. The first-order valence-corrected chi connectivity index (χ1v) is 8.29. The number of carbonyl (C=O) groups is 1. The van der Waals surface area contributed by atoms with E-state index in [1.165, 1.54) is 12.0 Å². The van der Waals surface area contributed by atoms with Crippen LogP contribution in [0.5, 0.6) is 0 Å². The molecule has 2 rings (SSSR count). The van der Waals surface area contributed by atoms with Crippen LogP contribution in [0.25, 0.3) is 0 Å². The van der Waals surface area contributed by atoms with Crippen LogP contribution in [0, 0.1) is 0 Å². The molecule has 1 aromatic carbocycles. The monoisotopic (exact) mass is 298 g/mol. The van der Waals surface area contributed by atoms with Crippen molar-refractivity contribution in [2.75, 3.05) is 5.51 Å². The summed E-state index contributed by atoms with van der Waals surface area (Å²) in [6.45, 7) is 0.698. The molecule has 0 amide bonds. The van der Waals surface area contributed by atoms with Gasteiger partial charge in [-0.3, -0.25) is 0 Å². The van der Waals surface area contributed by atoms with Crippen LogP contribution in [0.15, 0.2) is 30.3 Å². The molecule has 1 aliphatic rings. The number of ketones is 1. The number of carbonyl (C=O) groups excluding carboxylic acids is 1. The first-order valence-electron chi connectivity index (χ1n) is 6.09. The number of hydrogen-bond acceptors (Lipinski definition) is 2. The van der Waals surface area contributed by atoms with Crippen LogP contribution < -0.4 is 0 Å². The molecule has 0 spiro atoms. The van der Waals surface area contributed by atoms with E-state index in [0.717, 1.165) is 24.8 Å². The third kappa shape index (κ3) is 4.63. The van der Waals surface area contributed by atoms with Crippen molar-refractivity contribution in [1.82, 2.24) is 0 Å². The molecule has 0 N–H and O–H groups in total. The maximum absolute atomic E-state index is 11.3. The van der Waals surface area contributed by atoms with Crippen LogP contribution in [0.1, 0.15) is 31.2 Å². The van der Waals surface area contributed by atoms with Gasteiger partial charge in [0.1, 0.15) is 0 Å². The Hall–Kier alpha value is -0.631. The Kier molecular flexibility index (Phi) is 5.24. The molecule has 0 bridgehead atoms. The van der Waals surface area contributed by atoms with Gasteiger partial charge in [-0.15, -0.1) is 0 Å². The van der Waals surface area contributed by atoms with Crippen molar-refractivity contribution in [2.24, 2.45) is 0 Å². The van der Waals surface area contributed by atoms with E-state index < -0.39 is 0 Å². The fourth-order valence-electron chi connectivity index (χ4n) is 2.01. The van der Waals surface area contributed by atoms with Gasteiger partial charge in [0.25, 0.3) is 0 Å². The standard InChI is InChI=1S/C14H18O2Se/c15-13-7-4-8-14(9-13)17-11-16-10-12-5-2-1-3-6-12/h1-3,5-6,14H,4,7-11H2. The van der Waals surface area contributed by atoms with Gasteiger partial charge >= 0.3 is 109 Å². The van der Waals surface area contributed by atoms with Crippen LogP contribution >= 0.6 is 0 Å². The fraction of sp³-hybridized carbons (Fsp3) is 0.500.